The Bertz CT molecular complexity index is 219. The second-order valence-corrected chi connectivity index (χ2v) is 2.81. The van der Waals surface area contributed by atoms with E-state index in [1.54, 1.807) is 19.2 Å². The van der Waals surface area contributed by atoms with E-state index in [2.05, 4.69) is 11.6 Å². The Kier molecular flexibility index (Phi) is 5.85. The number of nitrogens with zero attached hydrogens (tertiary/aromatic N) is 1. The molecule has 0 saturated heterocycles. The van der Waals surface area contributed by atoms with Crippen LogP contribution in [0.5, 0.6) is 0 Å². The van der Waals surface area contributed by atoms with Crippen molar-refractivity contribution in [2.45, 2.75) is 26.9 Å². The lowest BCUT2D eigenvalue weighted by molar-refractivity contribution is 0.144. The van der Waals surface area contributed by atoms with Crippen molar-refractivity contribution in [3.63, 3.8) is 0 Å². The summed E-state index contributed by atoms with van der Waals surface area (Å²) in [6.07, 6.45) is 2.24. The average Bonchev–Trinajstić information content (AvgIpc) is 2.10. The first-order chi connectivity index (χ1) is 6.06. The lowest BCUT2D eigenvalue weighted by Crippen LogP contribution is -2.03. The summed E-state index contributed by atoms with van der Waals surface area (Å²) in [5, 5.41) is 0. The second-order valence-electron chi connectivity index (χ2n) is 2.81. The smallest absolute Gasteiger partial charge is 0.131 e. The first-order valence-corrected chi connectivity index (χ1v) is 4.16. The number of aliphatic imine (C=N–C) groups is 1. The normalized spacial score (nSPS) is 15.4. The number of hydrogen-bond donors (Lipinski definition) is 0. The summed E-state index contributed by atoms with van der Waals surface area (Å²) in [6, 6.07) is 0. The highest BCUT2D eigenvalue weighted by Crippen LogP contribution is 1.99. The molecule has 0 saturated carbocycles. The van der Waals surface area contributed by atoms with E-state index in [1.165, 1.54) is 6.92 Å². The highest BCUT2D eigenvalue weighted by atomic mass is 19.1. The van der Waals surface area contributed by atoms with E-state index >= 15 is 0 Å². The van der Waals surface area contributed by atoms with E-state index in [0.29, 0.717) is 5.76 Å². The highest BCUT2D eigenvalue weighted by molar-refractivity contribution is 5.92. The van der Waals surface area contributed by atoms with Gasteiger partial charge < -0.3 is 4.74 Å². The maximum atomic E-state index is 12.3. The monoisotopic (exact) mass is 185 g/mol. The molecule has 1 unspecified atom stereocenters. The summed E-state index contributed by atoms with van der Waals surface area (Å²) in [7, 11) is 0. The number of halogens is 1. The minimum atomic E-state index is -0.951. The molecule has 2 nitrogen and oxygen atoms in total. The Balaban J connectivity index is 3.95. The molecule has 0 aliphatic heterocycles. The maximum absolute atomic E-state index is 12.3. The Morgan fingerprint density at radius 3 is 2.69 bits per heavy atom. The third kappa shape index (κ3) is 7.25. The van der Waals surface area contributed by atoms with Gasteiger partial charge in [-0.3, -0.25) is 4.99 Å². The predicted molar refractivity (Wildman–Crippen MR) is 53.6 cm³/mol. The van der Waals surface area contributed by atoms with Crippen LogP contribution in [0.15, 0.2) is 29.6 Å². The van der Waals surface area contributed by atoms with Gasteiger partial charge in [-0.1, -0.05) is 6.58 Å². The summed E-state index contributed by atoms with van der Waals surface area (Å²) in [5.74, 6) is 0.603. The quantitative estimate of drug-likeness (QED) is 0.476. The molecule has 0 bridgehead atoms. The minimum absolute atomic E-state index is 0.0744. The number of alkyl halides is 1. The zero-order chi connectivity index (χ0) is 10.3. The molecule has 0 aliphatic carbocycles. The zero-order valence-corrected chi connectivity index (χ0v) is 8.38. The van der Waals surface area contributed by atoms with Gasteiger partial charge in [-0.05, 0) is 26.8 Å². The summed E-state index contributed by atoms with van der Waals surface area (Å²) in [4.78, 5) is 4.01. The van der Waals surface area contributed by atoms with Gasteiger partial charge in [-0.15, -0.1) is 0 Å². The fourth-order valence-electron chi connectivity index (χ4n) is 0.529. The molecule has 0 heterocycles. The largest absolute Gasteiger partial charge is 0.494 e. The van der Waals surface area contributed by atoms with E-state index < -0.39 is 6.17 Å². The molecule has 0 N–H and O–H groups in total. The highest BCUT2D eigenvalue weighted by Gasteiger charge is 1.97. The number of allylic oxidation sites excluding steroid dienone is 2. The van der Waals surface area contributed by atoms with Crippen molar-refractivity contribution in [2.75, 3.05) is 6.61 Å². The fraction of sp³-hybridized carbons (Fsp3) is 0.500. The number of ether oxygens (including phenoxy) is 1. The fourth-order valence-corrected chi connectivity index (χ4v) is 0.529. The van der Waals surface area contributed by atoms with Crippen LogP contribution in [0.1, 0.15) is 20.8 Å². The molecule has 0 aromatic rings. The summed E-state index contributed by atoms with van der Waals surface area (Å²) in [6.45, 7) is 8.64. The Morgan fingerprint density at radius 1 is 1.62 bits per heavy atom. The maximum Gasteiger partial charge on any atom is 0.131 e. The van der Waals surface area contributed by atoms with Crippen molar-refractivity contribution < 1.29 is 9.13 Å². The molecule has 0 aromatic carbocycles. The van der Waals surface area contributed by atoms with Gasteiger partial charge >= 0.3 is 0 Å². The van der Waals surface area contributed by atoms with Gasteiger partial charge in [-0.25, -0.2) is 4.39 Å². The molecule has 0 aliphatic rings. The molecule has 0 spiro atoms. The van der Waals surface area contributed by atoms with E-state index in [1.807, 2.05) is 6.92 Å². The van der Waals surface area contributed by atoms with Crippen molar-refractivity contribution in [3.05, 3.63) is 24.6 Å². The molecule has 74 valence electrons. The molecule has 0 fully saturated rings. The van der Waals surface area contributed by atoms with Crippen LogP contribution in [0.2, 0.25) is 0 Å². The summed E-state index contributed by atoms with van der Waals surface area (Å²) >= 11 is 0. The van der Waals surface area contributed by atoms with Crippen LogP contribution in [0.25, 0.3) is 0 Å². The lowest BCUT2D eigenvalue weighted by Gasteiger charge is -2.05. The predicted octanol–water partition coefficient (Wildman–Crippen LogP) is 2.87. The van der Waals surface area contributed by atoms with Gasteiger partial charge in [-0.2, -0.15) is 0 Å². The first-order valence-electron chi connectivity index (χ1n) is 4.16. The SMILES string of the molecule is C=C/C(C)=N\C=C(/C)OCC(C)F. The summed E-state index contributed by atoms with van der Waals surface area (Å²) < 4.78 is 17.4. The Hall–Kier alpha value is -1.12. The molecule has 0 amide bonds. The van der Waals surface area contributed by atoms with Gasteiger partial charge in [0, 0.05) is 5.71 Å². The molecular weight excluding hydrogens is 169 g/mol. The molecule has 3 heteroatoms. The molecule has 13 heavy (non-hydrogen) atoms. The van der Waals surface area contributed by atoms with Crippen molar-refractivity contribution in [3.8, 4) is 0 Å². The molecule has 0 aromatic heterocycles. The van der Waals surface area contributed by atoms with Crippen molar-refractivity contribution >= 4 is 5.71 Å². The summed E-state index contributed by atoms with van der Waals surface area (Å²) in [5.41, 5.74) is 0.802. The van der Waals surface area contributed by atoms with E-state index in [-0.39, 0.29) is 6.61 Å². The van der Waals surface area contributed by atoms with E-state index in [9.17, 15) is 4.39 Å². The number of hydrogen-bond acceptors (Lipinski definition) is 2. The number of rotatable bonds is 5. The van der Waals surface area contributed by atoms with Crippen molar-refractivity contribution in [2.24, 2.45) is 4.99 Å². The first kappa shape index (κ1) is 11.9. The van der Waals surface area contributed by atoms with Crippen LogP contribution in [0, 0.1) is 0 Å². The lowest BCUT2D eigenvalue weighted by atomic mass is 10.4. The molecule has 0 rings (SSSR count). The third-order valence-corrected chi connectivity index (χ3v) is 1.29. The van der Waals surface area contributed by atoms with E-state index in [4.69, 9.17) is 4.74 Å². The standard InChI is InChI=1S/C10H16FNO/c1-5-9(3)12-6-10(4)13-7-8(2)11/h5-6,8H,1,7H2,2-4H3/b10-6+,12-9-. The zero-order valence-electron chi connectivity index (χ0n) is 8.38. The van der Waals surface area contributed by atoms with Crippen LogP contribution in [-0.4, -0.2) is 18.5 Å². The van der Waals surface area contributed by atoms with Crippen LogP contribution in [-0.2, 0) is 4.74 Å². The topological polar surface area (TPSA) is 21.6 Å². The van der Waals surface area contributed by atoms with Crippen LogP contribution < -0.4 is 0 Å². The van der Waals surface area contributed by atoms with Gasteiger partial charge in [0.1, 0.15) is 18.5 Å². The van der Waals surface area contributed by atoms with Crippen molar-refractivity contribution in [1.82, 2.24) is 0 Å². The Labute approximate surface area is 78.8 Å². The van der Waals surface area contributed by atoms with Crippen LogP contribution >= 0.6 is 0 Å². The minimum Gasteiger partial charge on any atom is -0.494 e. The average molecular weight is 185 g/mol. The molecular formula is C10H16FNO. The van der Waals surface area contributed by atoms with Crippen LogP contribution in [0.3, 0.4) is 0 Å². The Morgan fingerprint density at radius 2 is 2.23 bits per heavy atom. The van der Waals surface area contributed by atoms with Gasteiger partial charge in [0.05, 0.1) is 6.20 Å². The molecule has 1 atom stereocenters. The van der Waals surface area contributed by atoms with Crippen molar-refractivity contribution in [1.29, 1.82) is 0 Å². The van der Waals surface area contributed by atoms with Gasteiger partial charge in [0.15, 0.2) is 0 Å². The second kappa shape index (κ2) is 6.40. The molecule has 0 radical (unpaired) electrons. The third-order valence-electron chi connectivity index (χ3n) is 1.29. The van der Waals surface area contributed by atoms with Crippen LogP contribution in [0.4, 0.5) is 4.39 Å². The van der Waals surface area contributed by atoms with E-state index in [0.717, 1.165) is 5.71 Å². The van der Waals surface area contributed by atoms with Gasteiger partial charge in [0.2, 0.25) is 0 Å². The van der Waals surface area contributed by atoms with Gasteiger partial charge in [0.25, 0.3) is 0 Å².